The molecule has 0 aliphatic carbocycles. The predicted molar refractivity (Wildman–Crippen MR) is 74.1 cm³/mol. The largest absolute Gasteiger partial charge is 0.392 e. The molecule has 0 aliphatic heterocycles. The van der Waals surface area contributed by atoms with E-state index in [1.165, 1.54) is 17.9 Å². The SMILES string of the molecule is Cc1ccc(C=NOC(=O)c2nn(C)cc2[N+](=O)[O-])cc1. The predicted octanol–water partition coefficient (Wildman–Crippen LogP) is 1.83. The second kappa shape index (κ2) is 5.95. The number of nitrogens with zero attached hydrogens (tertiary/aromatic N) is 4. The van der Waals surface area contributed by atoms with E-state index in [0.29, 0.717) is 0 Å². The molecule has 1 aromatic carbocycles. The molecule has 8 nitrogen and oxygen atoms in total. The quantitative estimate of drug-likeness (QED) is 0.370. The number of rotatable bonds is 4. The number of hydrogen-bond donors (Lipinski definition) is 0. The summed E-state index contributed by atoms with van der Waals surface area (Å²) in [7, 11) is 1.47. The molecule has 0 aliphatic rings. The normalized spacial score (nSPS) is 10.8. The third-order valence-corrected chi connectivity index (χ3v) is 2.61. The summed E-state index contributed by atoms with van der Waals surface area (Å²) in [5.74, 6) is -0.981. The third-order valence-electron chi connectivity index (χ3n) is 2.61. The average molecular weight is 288 g/mol. The van der Waals surface area contributed by atoms with Crippen molar-refractivity contribution in [1.82, 2.24) is 9.78 Å². The summed E-state index contributed by atoms with van der Waals surface area (Å²) in [4.78, 5) is 26.4. The van der Waals surface area contributed by atoms with Gasteiger partial charge in [0.1, 0.15) is 6.20 Å². The molecule has 0 fully saturated rings. The van der Waals surface area contributed by atoms with E-state index in [1.54, 1.807) is 12.1 Å². The number of oxime groups is 1. The van der Waals surface area contributed by atoms with E-state index in [0.717, 1.165) is 17.3 Å². The monoisotopic (exact) mass is 288 g/mol. The molecule has 21 heavy (non-hydrogen) atoms. The van der Waals surface area contributed by atoms with Crippen molar-refractivity contribution in [3.8, 4) is 0 Å². The van der Waals surface area contributed by atoms with Crippen molar-refractivity contribution in [3.05, 3.63) is 57.4 Å². The summed E-state index contributed by atoms with van der Waals surface area (Å²) < 4.78 is 1.17. The molecule has 0 amide bonds. The highest BCUT2D eigenvalue weighted by molar-refractivity contribution is 5.92. The second-order valence-electron chi connectivity index (χ2n) is 4.32. The Morgan fingerprint density at radius 1 is 1.43 bits per heavy atom. The van der Waals surface area contributed by atoms with Crippen LogP contribution in [0.2, 0.25) is 0 Å². The first-order valence-electron chi connectivity index (χ1n) is 5.97. The molecule has 0 saturated carbocycles. The lowest BCUT2D eigenvalue weighted by molar-refractivity contribution is -0.385. The van der Waals surface area contributed by atoms with Crippen LogP contribution in [-0.4, -0.2) is 26.9 Å². The Labute approximate surface area is 119 Å². The summed E-state index contributed by atoms with van der Waals surface area (Å²) in [6.45, 7) is 1.95. The van der Waals surface area contributed by atoms with Crippen LogP contribution in [0.25, 0.3) is 0 Å². The van der Waals surface area contributed by atoms with Crippen molar-refractivity contribution in [2.75, 3.05) is 0 Å². The van der Waals surface area contributed by atoms with Crippen LogP contribution in [0.3, 0.4) is 0 Å². The van der Waals surface area contributed by atoms with Gasteiger partial charge in [0.15, 0.2) is 0 Å². The van der Waals surface area contributed by atoms with Crippen molar-refractivity contribution in [3.63, 3.8) is 0 Å². The van der Waals surface area contributed by atoms with Crippen LogP contribution in [0.4, 0.5) is 5.69 Å². The lowest BCUT2D eigenvalue weighted by atomic mass is 10.2. The molecule has 108 valence electrons. The molecule has 0 bridgehead atoms. The van der Waals surface area contributed by atoms with Crippen molar-refractivity contribution >= 4 is 17.9 Å². The Kier molecular flexibility index (Phi) is 4.07. The van der Waals surface area contributed by atoms with Gasteiger partial charge in [0.25, 0.3) is 0 Å². The summed E-state index contributed by atoms with van der Waals surface area (Å²) in [5, 5.41) is 18.0. The average Bonchev–Trinajstić information content (AvgIpc) is 2.83. The number of carbonyl (C=O) groups is 1. The van der Waals surface area contributed by atoms with E-state index in [2.05, 4.69) is 15.1 Å². The lowest BCUT2D eigenvalue weighted by Gasteiger charge is -1.95. The Hall–Kier alpha value is -3.03. The van der Waals surface area contributed by atoms with E-state index in [4.69, 9.17) is 0 Å². The zero-order chi connectivity index (χ0) is 15.4. The Balaban J connectivity index is 2.08. The molecule has 2 aromatic rings. The van der Waals surface area contributed by atoms with E-state index in [9.17, 15) is 14.9 Å². The molecule has 2 rings (SSSR count). The fourth-order valence-corrected chi connectivity index (χ4v) is 1.59. The molecule has 0 radical (unpaired) electrons. The van der Waals surface area contributed by atoms with Crippen molar-refractivity contribution in [2.24, 2.45) is 12.2 Å². The van der Waals surface area contributed by atoms with Crippen LogP contribution in [0.5, 0.6) is 0 Å². The molecular formula is C13H12N4O4. The van der Waals surface area contributed by atoms with Crippen molar-refractivity contribution in [2.45, 2.75) is 6.92 Å². The first kappa shape index (κ1) is 14.4. The number of nitro groups is 1. The Morgan fingerprint density at radius 2 is 2.10 bits per heavy atom. The van der Waals surface area contributed by atoms with E-state index < -0.39 is 16.6 Å². The van der Waals surface area contributed by atoms with Gasteiger partial charge in [-0.15, -0.1) is 0 Å². The molecule has 8 heteroatoms. The molecule has 0 spiro atoms. The minimum atomic E-state index is -0.981. The molecule has 0 atom stereocenters. The van der Waals surface area contributed by atoms with Gasteiger partial charge in [-0.1, -0.05) is 35.0 Å². The highest BCUT2D eigenvalue weighted by atomic mass is 16.7. The summed E-state index contributed by atoms with van der Waals surface area (Å²) in [5.41, 5.74) is 1.02. The Bertz CT molecular complexity index is 703. The first-order valence-corrected chi connectivity index (χ1v) is 5.97. The first-order chi connectivity index (χ1) is 9.97. The van der Waals surface area contributed by atoms with E-state index >= 15 is 0 Å². The van der Waals surface area contributed by atoms with Crippen molar-refractivity contribution in [1.29, 1.82) is 0 Å². The van der Waals surface area contributed by atoms with Gasteiger partial charge in [-0.3, -0.25) is 14.8 Å². The topological polar surface area (TPSA) is 99.6 Å². The Morgan fingerprint density at radius 3 is 2.71 bits per heavy atom. The maximum atomic E-state index is 11.7. The number of aromatic nitrogens is 2. The van der Waals surface area contributed by atoms with Crippen LogP contribution in [0.1, 0.15) is 21.6 Å². The number of aryl methyl sites for hydroxylation is 2. The molecule has 0 unspecified atom stereocenters. The van der Waals surface area contributed by atoms with Crippen LogP contribution in [-0.2, 0) is 11.9 Å². The fourth-order valence-electron chi connectivity index (χ4n) is 1.59. The van der Waals surface area contributed by atoms with Gasteiger partial charge in [-0.2, -0.15) is 5.10 Å². The minimum absolute atomic E-state index is 0.386. The van der Waals surface area contributed by atoms with Gasteiger partial charge in [0, 0.05) is 7.05 Å². The maximum absolute atomic E-state index is 11.7. The van der Waals surface area contributed by atoms with Crippen LogP contribution >= 0.6 is 0 Å². The molecule has 1 heterocycles. The van der Waals surface area contributed by atoms with Crippen molar-refractivity contribution < 1.29 is 14.6 Å². The molecule has 0 saturated heterocycles. The molecular weight excluding hydrogens is 276 g/mol. The van der Waals surface area contributed by atoms with E-state index in [1.807, 2.05) is 19.1 Å². The number of benzene rings is 1. The highest BCUT2D eigenvalue weighted by Gasteiger charge is 2.26. The van der Waals surface area contributed by atoms with Gasteiger partial charge >= 0.3 is 11.7 Å². The standard InChI is InChI=1S/C13H12N4O4/c1-9-3-5-10(6-4-9)7-14-21-13(18)12-11(17(19)20)8-16(2)15-12/h3-8H,1-2H3. The van der Waals surface area contributed by atoms with Gasteiger partial charge in [0.05, 0.1) is 11.1 Å². The van der Waals surface area contributed by atoms with E-state index in [-0.39, 0.29) is 5.69 Å². The van der Waals surface area contributed by atoms with Gasteiger partial charge in [0.2, 0.25) is 5.69 Å². The third kappa shape index (κ3) is 3.50. The number of carbonyl (C=O) groups excluding carboxylic acids is 1. The van der Waals surface area contributed by atoms with Crippen LogP contribution < -0.4 is 0 Å². The summed E-state index contributed by atoms with van der Waals surface area (Å²) >= 11 is 0. The molecule has 1 aromatic heterocycles. The minimum Gasteiger partial charge on any atom is -0.311 e. The fraction of sp³-hybridized carbons (Fsp3) is 0.154. The zero-order valence-corrected chi connectivity index (χ0v) is 11.4. The van der Waals surface area contributed by atoms with Crippen LogP contribution in [0.15, 0.2) is 35.6 Å². The summed E-state index contributed by atoms with van der Waals surface area (Å²) in [6.07, 6.45) is 2.46. The van der Waals surface area contributed by atoms with Gasteiger partial charge in [-0.25, -0.2) is 4.79 Å². The van der Waals surface area contributed by atoms with Gasteiger partial charge in [-0.05, 0) is 12.5 Å². The zero-order valence-electron chi connectivity index (χ0n) is 11.4. The molecule has 0 N–H and O–H groups in total. The number of hydrogen-bond acceptors (Lipinski definition) is 6. The highest BCUT2D eigenvalue weighted by Crippen LogP contribution is 2.16. The summed E-state index contributed by atoms with van der Waals surface area (Å²) in [6, 6.07) is 7.37. The lowest BCUT2D eigenvalue weighted by Crippen LogP contribution is -2.05. The van der Waals surface area contributed by atoms with Crippen LogP contribution in [0, 0.1) is 17.0 Å². The smallest absolute Gasteiger partial charge is 0.311 e. The van der Waals surface area contributed by atoms with Gasteiger partial charge < -0.3 is 4.84 Å². The second-order valence-corrected chi connectivity index (χ2v) is 4.32. The maximum Gasteiger partial charge on any atom is 0.392 e.